The van der Waals surface area contributed by atoms with Gasteiger partial charge in [-0.15, -0.1) is 0 Å². The summed E-state index contributed by atoms with van der Waals surface area (Å²) in [7, 11) is -4.06. The second kappa shape index (κ2) is 15.1. The van der Waals surface area contributed by atoms with Gasteiger partial charge in [0, 0.05) is 19.2 Å². The van der Waals surface area contributed by atoms with E-state index in [2.05, 4.69) is 5.32 Å². The second-order valence-corrected chi connectivity index (χ2v) is 14.6. The van der Waals surface area contributed by atoms with Crippen LogP contribution in [0.15, 0.2) is 77.7 Å². The summed E-state index contributed by atoms with van der Waals surface area (Å²) in [4.78, 5) is 13.3. The van der Waals surface area contributed by atoms with Gasteiger partial charge in [-0.05, 0) is 47.7 Å². The van der Waals surface area contributed by atoms with Gasteiger partial charge in [0.1, 0.15) is 18.5 Å². The van der Waals surface area contributed by atoms with E-state index in [4.69, 9.17) is 28.4 Å². The highest BCUT2D eigenvalue weighted by atomic mass is 32.2. The smallest absolute Gasteiger partial charge is 0.407 e. The molecule has 3 aromatic carbocycles. The fourth-order valence-corrected chi connectivity index (χ4v) is 7.69. The summed E-state index contributed by atoms with van der Waals surface area (Å²) in [6, 6.07) is 20.7. The fourth-order valence-electron chi connectivity index (χ4n) is 6.06. The van der Waals surface area contributed by atoms with Gasteiger partial charge in [0.25, 0.3) is 0 Å². The fraction of sp³-hybridized carbons (Fsp3) is 0.457. The van der Waals surface area contributed by atoms with Crippen molar-refractivity contribution in [3.05, 3.63) is 83.9 Å². The third kappa shape index (κ3) is 8.21. The predicted molar refractivity (Wildman–Crippen MR) is 174 cm³/mol. The molecule has 0 aromatic heterocycles. The molecule has 3 aliphatic rings. The van der Waals surface area contributed by atoms with Crippen LogP contribution in [0.25, 0.3) is 0 Å². The monoisotopic (exact) mass is 682 g/mol. The predicted octanol–water partition coefficient (Wildman–Crippen LogP) is 3.75. The van der Waals surface area contributed by atoms with E-state index in [1.54, 1.807) is 6.07 Å². The Morgan fingerprint density at radius 3 is 2.50 bits per heavy atom. The molecule has 2 fully saturated rings. The standard InChI is InChI=1S/C35H42N2O10S/c1-23(2)16-37(48(40,41)27-12-13-31-32(15-27)46-22-45-31)17-30(38)29(36-35(39)47-34-21-44-33-20-42-19-28(33)34)14-24-8-10-26(11-9-24)43-18-25-6-4-3-5-7-25/h3-13,15,23,28-30,33-34,38H,14,16-22H2,1-2H3,(H,36,39)/t28-,29+,30-,33+,34+/m1/s1. The Kier molecular flexibility index (Phi) is 10.7. The lowest BCUT2D eigenvalue weighted by Crippen LogP contribution is -2.51. The summed E-state index contributed by atoms with van der Waals surface area (Å²) in [6.45, 7) is 5.25. The van der Waals surface area contributed by atoms with Crippen LogP contribution in [0.2, 0.25) is 0 Å². The number of hydrogen-bond acceptors (Lipinski definition) is 10. The van der Waals surface area contributed by atoms with Crippen molar-refractivity contribution in [1.29, 1.82) is 0 Å². The summed E-state index contributed by atoms with van der Waals surface area (Å²) >= 11 is 0. The Morgan fingerprint density at radius 1 is 0.958 bits per heavy atom. The Bertz CT molecular complexity index is 1640. The van der Waals surface area contributed by atoms with Crippen LogP contribution in [0, 0.1) is 11.8 Å². The molecule has 258 valence electrons. The molecule has 0 radical (unpaired) electrons. The normalized spacial score (nSPS) is 21.2. The zero-order chi connectivity index (χ0) is 33.7. The van der Waals surface area contributed by atoms with E-state index in [1.807, 2.05) is 68.4 Å². The first-order chi connectivity index (χ1) is 23.2. The maximum absolute atomic E-state index is 13.9. The molecule has 48 heavy (non-hydrogen) atoms. The van der Waals surface area contributed by atoms with Gasteiger partial charge in [0.2, 0.25) is 16.8 Å². The van der Waals surface area contributed by atoms with Gasteiger partial charge < -0.3 is 38.8 Å². The van der Waals surface area contributed by atoms with Crippen LogP contribution in [0.5, 0.6) is 17.2 Å². The van der Waals surface area contributed by atoms with Crippen molar-refractivity contribution in [2.45, 2.75) is 56.1 Å². The molecule has 12 nitrogen and oxygen atoms in total. The van der Waals surface area contributed by atoms with Gasteiger partial charge in [-0.1, -0.05) is 56.3 Å². The van der Waals surface area contributed by atoms with Gasteiger partial charge in [0.05, 0.1) is 48.9 Å². The third-order valence-electron chi connectivity index (χ3n) is 8.62. The molecule has 5 atom stereocenters. The van der Waals surface area contributed by atoms with Crippen LogP contribution in [-0.4, -0.2) is 88.0 Å². The molecular formula is C35H42N2O10S. The molecule has 3 aromatic rings. The number of fused-ring (bicyclic) bond motifs is 2. The van der Waals surface area contributed by atoms with Crippen molar-refractivity contribution < 1.29 is 46.7 Å². The highest BCUT2D eigenvalue weighted by molar-refractivity contribution is 7.89. The number of rotatable bonds is 14. The van der Waals surface area contributed by atoms with E-state index in [9.17, 15) is 18.3 Å². The van der Waals surface area contributed by atoms with E-state index in [0.717, 1.165) is 11.1 Å². The summed E-state index contributed by atoms with van der Waals surface area (Å²) in [6.07, 6.45) is -2.42. The number of carbonyl (C=O) groups is 1. The highest BCUT2D eigenvalue weighted by Gasteiger charge is 2.44. The molecule has 3 aliphatic heterocycles. The van der Waals surface area contributed by atoms with Gasteiger partial charge in [-0.2, -0.15) is 4.31 Å². The summed E-state index contributed by atoms with van der Waals surface area (Å²) in [5.74, 6) is 1.36. The average Bonchev–Trinajstić information content (AvgIpc) is 3.83. The number of sulfonamides is 1. The van der Waals surface area contributed by atoms with Crippen molar-refractivity contribution >= 4 is 16.1 Å². The van der Waals surface area contributed by atoms with Crippen molar-refractivity contribution in [2.75, 3.05) is 39.7 Å². The third-order valence-corrected chi connectivity index (χ3v) is 10.4. The van der Waals surface area contributed by atoms with E-state index in [-0.39, 0.29) is 55.7 Å². The minimum Gasteiger partial charge on any atom is -0.489 e. The zero-order valence-electron chi connectivity index (χ0n) is 27.0. The van der Waals surface area contributed by atoms with Crippen molar-refractivity contribution in [3.8, 4) is 17.2 Å². The Hall–Kier alpha value is -3.88. The lowest BCUT2D eigenvalue weighted by Gasteiger charge is -2.31. The number of amides is 1. The highest BCUT2D eigenvalue weighted by Crippen LogP contribution is 2.35. The minimum absolute atomic E-state index is 0.0121. The number of ether oxygens (including phenoxy) is 6. The van der Waals surface area contributed by atoms with E-state index in [1.165, 1.54) is 16.4 Å². The molecule has 1 amide bonds. The molecule has 3 heterocycles. The van der Waals surface area contributed by atoms with Crippen LogP contribution >= 0.6 is 0 Å². The maximum atomic E-state index is 13.9. The number of benzene rings is 3. The zero-order valence-corrected chi connectivity index (χ0v) is 27.8. The number of hydrogen-bond donors (Lipinski definition) is 2. The second-order valence-electron chi connectivity index (χ2n) is 12.7. The van der Waals surface area contributed by atoms with Crippen LogP contribution < -0.4 is 19.5 Å². The number of aliphatic hydroxyl groups excluding tert-OH is 1. The quantitative estimate of drug-likeness (QED) is 0.258. The first-order valence-corrected chi connectivity index (χ1v) is 17.6. The van der Waals surface area contributed by atoms with Gasteiger partial charge in [-0.25, -0.2) is 13.2 Å². The Morgan fingerprint density at radius 2 is 1.73 bits per heavy atom. The van der Waals surface area contributed by atoms with Crippen molar-refractivity contribution in [1.82, 2.24) is 9.62 Å². The lowest BCUT2D eigenvalue weighted by atomic mass is 10.0. The first kappa shape index (κ1) is 34.0. The Balaban J connectivity index is 1.18. The molecular weight excluding hydrogens is 640 g/mol. The molecule has 6 rings (SSSR count). The minimum atomic E-state index is -4.06. The topological polar surface area (TPSA) is 142 Å². The maximum Gasteiger partial charge on any atom is 0.407 e. The number of nitrogens with one attached hydrogen (secondary N) is 1. The molecule has 0 spiro atoms. The lowest BCUT2D eigenvalue weighted by molar-refractivity contribution is 0.0271. The molecule has 2 N–H and O–H groups in total. The molecule has 0 bridgehead atoms. The van der Waals surface area contributed by atoms with Crippen LogP contribution in [0.3, 0.4) is 0 Å². The van der Waals surface area contributed by atoms with Gasteiger partial charge in [0.15, 0.2) is 11.5 Å². The average molecular weight is 683 g/mol. The largest absolute Gasteiger partial charge is 0.489 e. The SMILES string of the molecule is CC(C)CN(C[C@@H](O)[C@H](Cc1ccc(OCc2ccccc2)cc1)NC(=O)O[C@H]1CO[C@H]2COC[C@H]21)S(=O)(=O)c1ccc2c(c1)OCO2. The molecule has 0 aliphatic carbocycles. The number of aliphatic hydroxyl groups is 1. The van der Waals surface area contributed by atoms with Crippen molar-refractivity contribution in [3.63, 3.8) is 0 Å². The van der Waals surface area contributed by atoms with Crippen LogP contribution in [0.1, 0.15) is 25.0 Å². The van der Waals surface area contributed by atoms with E-state index in [0.29, 0.717) is 37.1 Å². The molecule has 2 saturated heterocycles. The molecule has 0 unspecified atom stereocenters. The van der Waals surface area contributed by atoms with Crippen LogP contribution in [-0.2, 0) is 37.3 Å². The molecule has 13 heteroatoms. The number of carbonyl (C=O) groups excluding carboxylic acids is 1. The number of nitrogens with zero attached hydrogens (tertiary/aromatic N) is 1. The van der Waals surface area contributed by atoms with Gasteiger partial charge >= 0.3 is 6.09 Å². The molecule has 0 saturated carbocycles. The van der Waals surface area contributed by atoms with E-state index < -0.39 is 34.4 Å². The van der Waals surface area contributed by atoms with Crippen LogP contribution in [0.4, 0.5) is 4.79 Å². The van der Waals surface area contributed by atoms with E-state index >= 15 is 0 Å². The summed E-state index contributed by atoms with van der Waals surface area (Å²) in [5.41, 5.74) is 1.84. The summed E-state index contributed by atoms with van der Waals surface area (Å²) in [5, 5.41) is 14.5. The summed E-state index contributed by atoms with van der Waals surface area (Å²) < 4.78 is 62.7. The number of alkyl carbamates (subject to hydrolysis) is 1. The Labute approximate surface area is 280 Å². The first-order valence-electron chi connectivity index (χ1n) is 16.2. The van der Waals surface area contributed by atoms with Gasteiger partial charge in [-0.3, -0.25) is 0 Å². The van der Waals surface area contributed by atoms with Crippen molar-refractivity contribution in [2.24, 2.45) is 11.8 Å².